The van der Waals surface area contributed by atoms with Gasteiger partial charge in [0, 0.05) is 26.2 Å². The number of hydroxylamine groups is 1. The molecule has 2 atom stereocenters. The summed E-state index contributed by atoms with van der Waals surface area (Å²) in [6, 6.07) is 4.13. The second-order valence-electron chi connectivity index (χ2n) is 8.76. The van der Waals surface area contributed by atoms with E-state index in [9.17, 15) is 13.2 Å². The second-order valence-corrected chi connectivity index (χ2v) is 9.17. The predicted octanol–water partition coefficient (Wildman–Crippen LogP) is 5.15. The molecular formula is C24H35ClF3N3O2. The topological polar surface area (TPSA) is 45.8 Å². The van der Waals surface area contributed by atoms with Gasteiger partial charge in [-0.3, -0.25) is 4.90 Å². The van der Waals surface area contributed by atoms with Gasteiger partial charge in [-0.2, -0.15) is 13.2 Å². The number of benzene rings is 1. The van der Waals surface area contributed by atoms with Crippen molar-refractivity contribution < 1.29 is 22.7 Å². The summed E-state index contributed by atoms with van der Waals surface area (Å²) in [6.07, 6.45) is 3.60. The summed E-state index contributed by atoms with van der Waals surface area (Å²) in [7, 11) is 0. The highest BCUT2D eigenvalue weighted by Gasteiger charge is 2.33. The molecule has 186 valence electrons. The third-order valence-corrected chi connectivity index (χ3v) is 6.61. The van der Waals surface area contributed by atoms with Gasteiger partial charge in [0.15, 0.2) is 0 Å². The molecule has 0 saturated carbocycles. The summed E-state index contributed by atoms with van der Waals surface area (Å²) < 4.78 is 44.3. The summed E-state index contributed by atoms with van der Waals surface area (Å²) in [6.45, 7) is 7.38. The summed E-state index contributed by atoms with van der Waals surface area (Å²) in [5.41, 5.74) is 3.17. The number of hydrogen-bond acceptors (Lipinski definition) is 5. The van der Waals surface area contributed by atoms with Gasteiger partial charge in [0.05, 0.1) is 29.8 Å². The van der Waals surface area contributed by atoms with Gasteiger partial charge < -0.3 is 14.9 Å². The van der Waals surface area contributed by atoms with Crippen molar-refractivity contribution in [1.29, 1.82) is 0 Å². The molecule has 1 aromatic carbocycles. The van der Waals surface area contributed by atoms with E-state index in [1.165, 1.54) is 12.1 Å². The van der Waals surface area contributed by atoms with E-state index in [1.54, 1.807) is 0 Å². The molecule has 0 aromatic heterocycles. The first-order valence-electron chi connectivity index (χ1n) is 11.9. The van der Waals surface area contributed by atoms with Gasteiger partial charge >= 0.3 is 6.18 Å². The van der Waals surface area contributed by atoms with Crippen LogP contribution in [0.3, 0.4) is 0 Å². The molecule has 2 aliphatic rings. The Bertz CT molecular complexity index is 770. The largest absolute Gasteiger partial charge is 0.417 e. The molecule has 0 radical (unpaired) electrons. The van der Waals surface area contributed by atoms with Crippen LogP contribution in [0.5, 0.6) is 0 Å². The van der Waals surface area contributed by atoms with Crippen LogP contribution in [-0.2, 0) is 22.2 Å². The lowest BCUT2D eigenvalue weighted by molar-refractivity contribution is -0.137. The fourth-order valence-electron chi connectivity index (χ4n) is 4.31. The van der Waals surface area contributed by atoms with Crippen LogP contribution in [0.4, 0.5) is 13.2 Å². The molecule has 1 saturated heterocycles. The fraction of sp³-hybridized carbons (Fsp3) is 0.667. The molecule has 3 rings (SSSR count). The minimum Gasteiger partial charge on any atom is -0.391 e. The molecule has 2 unspecified atom stereocenters. The number of ether oxygens (including phenoxy) is 1. The summed E-state index contributed by atoms with van der Waals surface area (Å²) in [5, 5.41) is 3.11. The average molecular weight is 490 g/mol. The number of hydrogen-bond donors (Lipinski definition) is 2. The number of nitrogens with zero attached hydrogens (tertiary/aromatic N) is 1. The van der Waals surface area contributed by atoms with E-state index in [0.717, 1.165) is 89.0 Å². The van der Waals surface area contributed by atoms with Gasteiger partial charge in [-0.1, -0.05) is 43.9 Å². The minimum atomic E-state index is -4.43. The van der Waals surface area contributed by atoms with Gasteiger partial charge in [-0.25, -0.2) is 0 Å². The second kappa shape index (κ2) is 12.8. The molecule has 5 nitrogen and oxygen atoms in total. The van der Waals surface area contributed by atoms with Crippen molar-refractivity contribution in [3.8, 4) is 0 Å². The SMILES string of the molecule is CCCCCC(CCc1ccc(C(F)(F)F)c(Cl)c1)C1C=C(NCCN2CCOCC2)ON1. The van der Waals surface area contributed by atoms with Crippen LogP contribution >= 0.6 is 11.6 Å². The lowest BCUT2D eigenvalue weighted by atomic mass is 9.88. The van der Waals surface area contributed by atoms with E-state index in [1.807, 2.05) is 0 Å². The number of halogens is 4. The number of nitrogens with one attached hydrogen (secondary N) is 2. The molecule has 1 fully saturated rings. The molecule has 1 aromatic rings. The first-order chi connectivity index (χ1) is 15.9. The van der Waals surface area contributed by atoms with Crippen molar-refractivity contribution in [2.24, 2.45) is 5.92 Å². The average Bonchev–Trinajstić information content (AvgIpc) is 3.25. The molecular weight excluding hydrogens is 455 g/mol. The van der Waals surface area contributed by atoms with Crippen molar-refractivity contribution in [3.63, 3.8) is 0 Å². The van der Waals surface area contributed by atoms with Crippen molar-refractivity contribution in [3.05, 3.63) is 46.3 Å². The number of rotatable bonds is 12. The summed E-state index contributed by atoms with van der Waals surface area (Å²) >= 11 is 5.90. The zero-order valence-electron chi connectivity index (χ0n) is 19.2. The molecule has 0 spiro atoms. The maximum absolute atomic E-state index is 13.0. The molecule has 2 N–H and O–H groups in total. The highest BCUT2D eigenvalue weighted by atomic mass is 35.5. The molecule has 0 amide bonds. The van der Waals surface area contributed by atoms with Crippen molar-refractivity contribution in [2.45, 2.75) is 57.7 Å². The van der Waals surface area contributed by atoms with Gasteiger partial charge in [-0.15, -0.1) is 5.48 Å². The molecule has 2 aliphatic heterocycles. The lowest BCUT2D eigenvalue weighted by Gasteiger charge is -2.26. The van der Waals surface area contributed by atoms with Crippen LogP contribution in [-0.4, -0.2) is 50.3 Å². The molecule has 0 bridgehead atoms. The third kappa shape index (κ3) is 8.35. The van der Waals surface area contributed by atoms with E-state index in [4.69, 9.17) is 21.2 Å². The van der Waals surface area contributed by atoms with E-state index < -0.39 is 11.7 Å². The van der Waals surface area contributed by atoms with Gasteiger partial charge in [0.1, 0.15) is 0 Å². The van der Waals surface area contributed by atoms with Crippen LogP contribution in [0, 0.1) is 5.92 Å². The predicted molar refractivity (Wildman–Crippen MR) is 124 cm³/mol. The van der Waals surface area contributed by atoms with Crippen LogP contribution in [0.15, 0.2) is 30.2 Å². The van der Waals surface area contributed by atoms with E-state index in [-0.39, 0.29) is 11.1 Å². The highest BCUT2D eigenvalue weighted by molar-refractivity contribution is 6.31. The van der Waals surface area contributed by atoms with E-state index in [0.29, 0.717) is 12.3 Å². The molecule has 2 heterocycles. The van der Waals surface area contributed by atoms with E-state index in [2.05, 4.69) is 28.7 Å². The molecule has 0 aliphatic carbocycles. The zero-order chi connectivity index (χ0) is 23.7. The number of morpholine rings is 1. The summed E-state index contributed by atoms with van der Waals surface area (Å²) in [4.78, 5) is 8.04. The number of aryl methyl sites for hydroxylation is 1. The first kappa shape index (κ1) is 26.1. The van der Waals surface area contributed by atoms with Crippen LogP contribution in [0.2, 0.25) is 5.02 Å². The Kier molecular flexibility index (Phi) is 10.2. The Morgan fingerprint density at radius 2 is 2.00 bits per heavy atom. The van der Waals surface area contributed by atoms with Crippen molar-refractivity contribution in [2.75, 3.05) is 39.4 Å². The van der Waals surface area contributed by atoms with Crippen LogP contribution < -0.4 is 10.8 Å². The third-order valence-electron chi connectivity index (χ3n) is 6.30. The fourth-order valence-corrected chi connectivity index (χ4v) is 4.62. The van der Waals surface area contributed by atoms with Gasteiger partial charge in [-0.05, 0) is 49.0 Å². The normalized spacial score (nSPS) is 20.4. The Labute approximate surface area is 199 Å². The Morgan fingerprint density at radius 3 is 2.70 bits per heavy atom. The van der Waals surface area contributed by atoms with Crippen LogP contribution in [0.25, 0.3) is 0 Å². The quantitative estimate of drug-likeness (QED) is 0.397. The lowest BCUT2D eigenvalue weighted by Crippen LogP contribution is -2.40. The maximum Gasteiger partial charge on any atom is 0.417 e. The Balaban J connectivity index is 1.53. The molecule has 33 heavy (non-hydrogen) atoms. The minimum absolute atomic E-state index is 0.0673. The van der Waals surface area contributed by atoms with Gasteiger partial charge in [0.25, 0.3) is 0 Å². The van der Waals surface area contributed by atoms with Crippen molar-refractivity contribution >= 4 is 11.6 Å². The Hall–Kier alpha value is -1.48. The maximum atomic E-state index is 13.0. The summed E-state index contributed by atoms with van der Waals surface area (Å²) in [5.74, 6) is 1.06. The van der Waals surface area contributed by atoms with Crippen LogP contribution in [0.1, 0.15) is 50.2 Å². The standard InChI is InChI=1S/C24H35ClF3N3O2/c1-2-3-4-5-19(8-6-18-7-9-20(21(25)16-18)24(26,27)28)22-17-23(33-30-22)29-10-11-31-12-14-32-15-13-31/h7,9,16-17,19,22,29-30H,2-6,8,10-15H2,1H3. The monoisotopic (exact) mass is 489 g/mol. The highest BCUT2D eigenvalue weighted by Crippen LogP contribution is 2.35. The number of unbranched alkanes of at least 4 members (excludes halogenated alkanes) is 2. The molecule has 9 heteroatoms. The van der Waals surface area contributed by atoms with Crippen molar-refractivity contribution in [1.82, 2.24) is 15.7 Å². The van der Waals surface area contributed by atoms with E-state index >= 15 is 0 Å². The smallest absolute Gasteiger partial charge is 0.391 e. The first-order valence-corrected chi connectivity index (χ1v) is 12.3. The van der Waals surface area contributed by atoms with Gasteiger partial charge in [0.2, 0.25) is 5.88 Å². The Morgan fingerprint density at radius 1 is 1.21 bits per heavy atom. The zero-order valence-corrected chi connectivity index (χ0v) is 20.0. The number of alkyl halides is 3.